The van der Waals surface area contributed by atoms with Gasteiger partial charge in [0.25, 0.3) is 0 Å². The highest BCUT2D eigenvalue weighted by Gasteiger charge is 2.38. The second-order valence-corrected chi connectivity index (χ2v) is 13.6. The van der Waals surface area contributed by atoms with Gasteiger partial charge in [-0.1, -0.05) is 66.7 Å². The van der Waals surface area contributed by atoms with Crippen LogP contribution in [0.1, 0.15) is 127 Å². The second kappa shape index (κ2) is 20.9. The van der Waals surface area contributed by atoms with Crippen molar-refractivity contribution in [2.75, 3.05) is 40.0 Å². The Morgan fingerprint density at radius 3 is 2.51 bits per heavy atom. The lowest BCUT2D eigenvalue weighted by atomic mass is 9.91. The maximum Gasteiger partial charge on any atom is 0.357 e. The van der Waals surface area contributed by atoms with Gasteiger partial charge in [-0.2, -0.15) is 0 Å². The molecule has 1 fully saturated rings. The predicted molar refractivity (Wildman–Crippen MR) is 179 cm³/mol. The third-order valence-corrected chi connectivity index (χ3v) is 9.85. The molecule has 0 saturated carbocycles. The van der Waals surface area contributed by atoms with E-state index in [2.05, 4.69) is 42.9 Å². The van der Waals surface area contributed by atoms with E-state index >= 15 is 0 Å². The summed E-state index contributed by atoms with van der Waals surface area (Å²) in [7, 11) is 1.99. The van der Waals surface area contributed by atoms with E-state index in [1.807, 2.05) is 18.9 Å². The van der Waals surface area contributed by atoms with Crippen LogP contribution in [0.4, 0.5) is 0 Å². The summed E-state index contributed by atoms with van der Waals surface area (Å²) in [5.74, 6) is -0.539. The number of aromatic nitrogens is 1. The molecule has 5 atom stereocenters. The Balaban J connectivity index is 2.43. The fourth-order valence-corrected chi connectivity index (χ4v) is 6.76. The van der Waals surface area contributed by atoms with E-state index < -0.39 is 18.1 Å². The molecule has 2 N–H and O–H groups in total. The van der Waals surface area contributed by atoms with Crippen LogP contribution in [-0.4, -0.2) is 95.8 Å². The van der Waals surface area contributed by atoms with Gasteiger partial charge in [0.15, 0.2) is 5.69 Å². The number of thiazole rings is 1. The van der Waals surface area contributed by atoms with E-state index in [1.165, 1.54) is 11.3 Å². The Hall–Kier alpha value is -2.08. The first-order valence-corrected chi connectivity index (χ1v) is 18.1. The number of nitrogens with zero attached hydrogens (tertiary/aromatic N) is 3. The number of hydrogen-bond acceptors (Lipinski definition) is 9. The van der Waals surface area contributed by atoms with Gasteiger partial charge >= 0.3 is 5.97 Å². The summed E-state index contributed by atoms with van der Waals surface area (Å²) < 4.78 is 11.4. The summed E-state index contributed by atoms with van der Waals surface area (Å²) in [5, 5.41) is 15.0. The molecule has 4 unspecified atom stereocenters. The van der Waals surface area contributed by atoms with Crippen LogP contribution in [0.15, 0.2) is 5.38 Å². The number of unbranched alkanes of at least 4 members (excludes halogenated alkanes) is 3. The van der Waals surface area contributed by atoms with Crippen molar-refractivity contribution >= 4 is 29.1 Å². The van der Waals surface area contributed by atoms with Gasteiger partial charge in [0.2, 0.25) is 11.8 Å². The van der Waals surface area contributed by atoms with Crippen molar-refractivity contribution in [2.24, 2.45) is 11.8 Å². The maximum absolute atomic E-state index is 14.6. The SMILES string of the molecule is CCCCCCN(C(=O)C(NC(=O)[C@H]1CCCCN1C)C(C)CC)C(CC(OCCCO)c1nc(C(=O)OCC)cs1)C(C)C. The van der Waals surface area contributed by atoms with Crippen LogP contribution in [0.3, 0.4) is 0 Å². The van der Waals surface area contributed by atoms with E-state index in [1.54, 1.807) is 12.3 Å². The van der Waals surface area contributed by atoms with E-state index in [0.29, 0.717) is 31.0 Å². The lowest BCUT2D eigenvalue weighted by Crippen LogP contribution is -2.59. The average molecular weight is 653 g/mol. The van der Waals surface area contributed by atoms with E-state index in [0.717, 1.165) is 57.9 Å². The third-order valence-electron chi connectivity index (χ3n) is 8.91. The second-order valence-electron chi connectivity index (χ2n) is 12.7. The molecule has 45 heavy (non-hydrogen) atoms. The van der Waals surface area contributed by atoms with Crippen LogP contribution < -0.4 is 5.32 Å². The number of aliphatic hydroxyl groups excluding tert-OH is 1. The molecule has 1 aromatic heterocycles. The van der Waals surface area contributed by atoms with Gasteiger partial charge in [-0.3, -0.25) is 14.5 Å². The Morgan fingerprint density at radius 1 is 1.13 bits per heavy atom. The minimum absolute atomic E-state index is 0.000774. The highest BCUT2D eigenvalue weighted by Crippen LogP contribution is 2.32. The fourth-order valence-electron chi connectivity index (χ4n) is 5.91. The van der Waals surface area contributed by atoms with Crippen LogP contribution in [-0.2, 0) is 19.1 Å². The topological polar surface area (TPSA) is 121 Å². The quantitative estimate of drug-likeness (QED) is 0.130. The van der Waals surface area contributed by atoms with Gasteiger partial charge in [0.1, 0.15) is 17.2 Å². The van der Waals surface area contributed by atoms with Crippen molar-refractivity contribution in [3.8, 4) is 0 Å². The number of ether oxygens (including phenoxy) is 2. The number of rotatable bonds is 21. The zero-order valence-electron chi connectivity index (χ0n) is 28.9. The molecule has 11 heteroatoms. The largest absolute Gasteiger partial charge is 0.461 e. The molecule has 2 rings (SSSR count). The number of carbonyl (C=O) groups excluding carboxylic acids is 3. The lowest BCUT2D eigenvalue weighted by molar-refractivity contribution is -0.143. The molecule has 258 valence electrons. The first-order valence-electron chi connectivity index (χ1n) is 17.2. The van der Waals surface area contributed by atoms with Crippen molar-refractivity contribution in [3.63, 3.8) is 0 Å². The molecule has 2 heterocycles. The molecule has 0 bridgehead atoms. The van der Waals surface area contributed by atoms with Crippen molar-refractivity contribution in [1.29, 1.82) is 0 Å². The number of aliphatic hydroxyl groups is 1. The van der Waals surface area contributed by atoms with E-state index in [4.69, 9.17) is 9.47 Å². The first kappa shape index (κ1) is 39.1. The summed E-state index contributed by atoms with van der Waals surface area (Å²) in [6.07, 6.45) is 8.19. The van der Waals surface area contributed by atoms with Gasteiger partial charge in [0.05, 0.1) is 12.6 Å². The number of carbonyl (C=O) groups is 3. The smallest absolute Gasteiger partial charge is 0.357 e. The number of nitrogens with one attached hydrogen (secondary N) is 1. The van der Waals surface area contributed by atoms with E-state index in [9.17, 15) is 19.5 Å². The van der Waals surface area contributed by atoms with Gasteiger partial charge in [-0.25, -0.2) is 9.78 Å². The van der Waals surface area contributed by atoms with E-state index in [-0.39, 0.29) is 54.6 Å². The molecule has 2 amide bonds. The molecule has 1 aliphatic heterocycles. The molecule has 0 radical (unpaired) electrons. The normalized spacial score (nSPS) is 18.3. The summed E-state index contributed by atoms with van der Waals surface area (Å²) in [6.45, 7) is 14.3. The number of amides is 2. The fraction of sp³-hybridized carbons (Fsp3) is 0.824. The number of hydrogen-bond donors (Lipinski definition) is 2. The van der Waals surface area contributed by atoms with Gasteiger partial charge < -0.3 is 24.8 Å². The maximum atomic E-state index is 14.6. The number of esters is 1. The van der Waals surface area contributed by atoms with Crippen molar-refractivity contribution in [2.45, 2.75) is 130 Å². The molecular weight excluding hydrogens is 592 g/mol. The van der Waals surface area contributed by atoms with Gasteiger partial charge in [0, 0.05) is 37.6 Å². The Bertz CT molecular complexity index is 1020. The lowest BCUT2D eigenvalue weighted by Gasteiger charge is -2.40. The molecule has 10 nitrogen and oxygen atoms in total. The third kappa shape index (κ3) is 12.2. The number of piperidine rings is 1. The minimum Gasteiger partial charge on any atom is -0.461 e. The van der Waals surface area contributed by atoms with Crippen LogP contribution in [0.2, 0.25) is 0 Å². The summed E-state index contributed by atoms with van der Waals surface area (Å²) >= 11 is 1.34. The molecule has 0 aromatic carbocycles. The molecule has 1 aromatic rings. The Morgan fingerprint density at radius 2 is 1.89 bits per heavy atom. The molecular formula is C34H60N4O6S. The van der Waals surface area contributed by atoms with Crippen molar-refractivity contribution in [1.82, 2.24) is 20.1 Å². The van der Waals surface area contributed by atoms with Crippen molar-refractivity contribution in [3.05, 3.63) is 16.1 Å². The summed E-state index contributed by atoms with van der Waals surface area (Å²) in [5.41, 5.74) is 0.244. The molecule has 0 aliphatic carbocycles. The van der Waals surface area contributed by atoms with Crippen LogP contribution in [0.5, 0.6) is 0 Å². The standard InChI is InChI=1S/C34H60N4O6S/c1-8-11-12-14-19-38(33(41)30(25(6)9-2)36-31(40)27-17-13-15-18-37(27)7)28(24(4)5)22-29(44-21-16-20-39)32-35-26(23-45-32)34(42)43-10-3/h23-25,27-30,39H,8-22H2,1-7H3,(H,36,40)/t25?,27-,28?,29?,30?/m1/s1. The average Bonchev–Trinajstić information content (AvgIpc) is 3.52. The molecule has 1 saturated heterocycles. The molecule has 0 spiro atoms. The van der Waals surface area contributed by atoms with Gasteiger partial charge in [-0.05, 0) is 58.0 Å². The minimum atomic E-state index is -0.630. The first-order chi connectivity index (χ1) is 21.6. The van der Waals surface area contributed by atoms with Crippen LogP contribution in [0, 0.1) is 11.8 Å². The molecule has 1 aliphatic rings. The monoisotopic (exact) mass is 652 g/mol. The summed E-state index contributed by atoms with van der Waals surface area (Å²) in [6, 6.07) is -1.05. The predicted octanol–water partition coefficient (Wildman–Crippen LogP) is 5.60. The number of likely N-dealkylation sites (N-methyl/N-ethyl adjacent to an activating group) is 1. The van der Waals surface area contributed by atoms with Gasteiger partial charge in [-0.15, -0.1) is 11.3 Å². The number of likely N-dealkylation sites (tertiary alicyclic amines) is 1. The summed E-state index contributed by atoms with van der Waals surface area (Å²) in [4.78, 5) is 49.3. The van der Waals surface area contributed by atoms with Crippen molar-refractivity contribution < 1.29 is 29.0 Å². The highest BCUT2D eigenvalue weighted by atomic mass is 32.1. The Labute approximate surface area is 275 Å². The Kier molecular flexibility index (Phi) is 18.2. The van der Waals surface area contributed by atoms with Crippen LogP contribution >= 0.6 is 11.3 Å². The zero-order valence-corrected chi connectivity index (χ0v) is 29.7. The highest BCUT2D eigenvalue weighted by molar-refractivity contribution is 7.09. The van der Waals surface area contributed by atoms with Crippen LogP contribution in [0.25, 0.3) is 0 Å². The zero-order chi connectivity index (χ0) is 33.4.